The third kappa shape index (κ3) is 4.96. The van der Waals surface area contributed by atoms with E-state index in [0.29, 0.717) is 32.5 Å². The first-order valence-electron chi connectivity index (χ1n) is 6.59. The van der Waals surface area contributed by atoms with E-state index in [1.54, 1.807) is 4.90 Å². The Morgan fingerprint density at radius 2 is 1.89 bits per heavy atom. The molecule has 1 fully saturated rings. The maximum Gasteiger partial charge on any atom is 0.317 e. The first-order chi connectivity index (χ1) is 8.86. The van der Waals surface area contributed by atoms with E-state index in [2.05, 4.69) is 10.0 Å². The number of rotatable bonds is 5. The summed E-state index contributed by atoms with van der Waals surface area (Å²) in [7, 11) is -0.394. The lowest BCUT2D eigenvalue weighted by Crippen LogP contribution is -2.51. The van der Waals surface area contributed by atoms with Gasteiger partial charge in [-0.2, -0.15) is 17.4 Å². The molecule has 0 atom stereocenters. The summed E-state index contributed by atoms with van der Waals surface area (Å²) in [5, 5.41) is 2.82. The van der Waals surface area contributed by atoms with E-state index in [9.17, 15) is 13.2 Å². The number of urea groups is 1. The maximum absolute atomic E-state index is 11.7. The highest BCUT2D eigenvalue weighted by Crippen LogP contribution is 2.11. The van der Waals surface area contributed by atoms with Crippen LogP contribution in [0.4, 0.5) is 4.79 Å². The number of piperidine rings is 1. The van der Waals surface area contributed by atoms with Crippen molar-refractivity contribution in [3.05, 3.63) is 0 Å². The number of nitrogens with zero attached hydrogens (tertiary/aromatic N) is 2. The molecule has 1 rings (SSSR count). The molecule has 1 aliphatic heterocycles. The van der Waals surface area contributed by atoms with Crippen molar-refractivity contribution in [3.8, 4) is 0 Å². The van der Waals surface area contributed by atoms with Gasteiger partial charge in [0.15, 0.2) is 0 Å². The van der Waals surface area contributed by atoms with Crippen molar-refractivity contribution in [1.29, 1.82) is 0 Å². The molecule has 1 heterocycles. The van der Waals surface area contributed by atoms with E-state index in [0.717, 1.165) is 10.7 Å². The van der Waals surface area contributed by atoms with Gasteiger partial charge in [-0.3, -0.25) is 0 Å². The SMILES string of the molecule is CCCNC(=O)N1CCC(NS(=O)(=O)N(C)C)CC1. The van der Waals surface area contributed by atoms with Crippen LogP contribution in [-0.4, -0.2) is 63.4 Å². The molecule has 0 aromatic heterocycles. The van der Waals surface area contributed by atoms with Gasteiger partial charge in [-0.15, -0.1) is 0 Å². The molecule has 2 N–H and O–H groups in total. The van der Waals surface area contributed by atoms with Gasteiger partial charge >= 0.3 is 6.03 Å². The van der Waals surface area contributed by atoms with Crippen LogP contribution >= 0.6 is 0 Å². The van der Waals surface area contributed by atoms with Crippen molar-refractivity contribution >= 4 is 16.2 Å². The van der Waals surface area contributed by atoms with Gasteiger partial charge in [0.1, 0.15) is 0 Å². The van der Waals surface area contributed by atoms with E-state index in [1.165, 1.54) is 14.1 Å². The molecule has 0 radical (unpaired) electrons. The number of likely N-dealkylation sites (tertiary alicyclic amines) is 1. The van der Waals surface area contributed by atoms with Crippen LogP contribution in [-0.2, 0) is 10.2 Å². The third-order valence-corrected chi connectivity index (χ3v) is 4.70. The van der Waals surface area contributed by atoms with Crippen molar-refractivity contribution in [2.24, 2.45) is 0 Å². The highest BCUT2D eigenvalue weighted by molar-refractivity contribution is 7.87. The number of carbonyl (C=O) groups excluding carboxylic acids is 1. The third-order valence-electron chi connectivity index (χ3n) is 3.10. The molecule has 2 amide bonds. The number of nitrogens with one attached hydrogen (secondary N) is 2. The van der Waals surface area contributed by atoms with Crippen molar-refractivity contribution in [3.63, 3.8) is 0 Å². The lowest BCUT2D eigenvalue weighted by molar-refractivity contribution is 0.180. The average Bonchev–Trinajstić information content (AvgIpc) is 2.36. The van der Waals surface area contributed by atoms with Crippen molar-refractivity contribution in [2.75, 3.05) is 33.7 Å². The van der Waals surface area contributed by atoms with E-state index in [-0.39, 0.29) is 12.1 Å². The summed E-state index contributed by atoms with van der Waals surface area (Å²) in [6.45, 7) is 3.83. The Hall–Kier alpha value is -0.860. The molecule has 8 heteroatoms. The number of hydrogen-bond donors (Lipinski definition) is 2. The van der Waals surface area contributed by atoms with Gasteiger partial charge in [-0.25, -0.2) is 4.79 Å². The lowest BCUT2D eigenvalue weighted by atomic mass is 10.1. The molecule has 112 valence electrons. The van der Waals surface area contributed by atoms with E-state index < -0.39 is 10.2 Å². The molecule has 0 aromatic rings. The summed E-state index contributed by atoms with van der Waals surface area (Å²) in [5.41, 5.74) is 0. The summed E-state index contributed by atoms with van der Waals surface area (Å²) < 4.78 is 27.2. The van der Waals surface area contributed by atoms with Crippen LogP contribution in [0, 0.1) is 0 Å². The predicted octanol–water partition coefficient (Wildman–Crippen LogP) is -0.0336. The predicted molar refractivity (Wildman–Crippen MR) is 74.0 cm³/mol. The molecule has 0 aliphatic carbocycles. The van der Waals surface area contributed by atoms with Crippen LogP contribution < -0.4 is 10.0 Å². The van der Waals surface area contributed by atoms with Gasteiger partial charge in [-0.05, 0) is 19.3 Å². The van der Waals surface area contributed by atoms with Crippen molar-refractivity contribution in [2.45, 2.75) is 32.2 Å². The Labute approximate surface area is 115 Å². The number of amides is 2. The van der Waals surface area contributed by atoms with Gasteiger partial charge in [0, 0.05) is 39.8 Å². The Balaban J connectivity index is 2.39. The highest BCUT2D eigenvalue weighted by atomic mass is 32.2. The van der Waals surface area contributed by atoms with Gasteiger partial charge in [-0.1, -0.05) is 6.92 Å². The smallest absolute Gasteiger partial charge is 0.317 e. The van der Waals surface area contributed by atoms with Crippen LogP contribution in [0.1, 0.15) is 26.2 Å². The van der Waals surface area contributed by atoms with Crippen molar-refractivity contribution in [1.82, 2.24) is 19.2 Å². The Morgan fingerprint density at radius 1 is 1.32 bits per heavy atom. The van der Waals surface area contributed by atoms with Gasteiger partial charge in [0.25, 0.3) is 10.2 Å². The minimum Gasteiger partial charge on any atom is -0.338 e. The fraction of sp³-hybridized carbons (Fsp3) is 0.909. The van der Waals surface area contributed by atoms with E-state index in [1.807, 2.05) is 6.92 Å². The van der Waals surface area contributed by atoms with E-state index >= 15 is 0 Å². The summed E-state index contributed by atoms with van der Waals surface area (Å²) in [6, 6.07) is -0.154. The fourth-order valence-electron chi connectivity index (χ4n) is 1.86. The van der Waals surface area contributed by atoms with E-state index in [4.69, 9.17) is 0 Å². The standard InChI is InChI=1S/C11H24N4O3S/c1-4-7-12-11(16)15-8-5-10(6-9-15)13-19(17,18)14(2)3/h10,13H,4-9H2,1-3H3,(H,12,16). The summed E-state index contributed by atoms with van der Waals surface area (Å²) >= 11 is 0. The minimum absolute atomic E-state index is 0.0595. The molecule has 1 aliphatic rings. The average molecular weight is 292 g/mol. The zero-order chi connectivity index (χ0) is 14.5. The molecule has 0 bridgehead atoms. The molecule has 0 spiro atoms. The molecule has 0 saturated carbocycles. The number of carbonyl (C=O) groups is 1. The normalized spacial score (nSPS) is 17.8. The Bertz CT molecular complexity index is 389. The largest absolute Gasteiger partial charge is 0.338 e. The summed E-state index contributed by atoms with van der Waals surface area (Å²) in [5.74, 6) is 0. The van der Waals surface area contributed by atoms with Crippen LogP contribution in [0.25, 0.3) is 0 Å². The second-order valence-electron chi connectivity index (χ2n) is 4.90. The Morgan fingerprint density at radius 3 is 2.37 bits per heavy atom. The quantitative estimate of drug-likeness (QED) is 0.746. The molecular weight excluding hydrogens is 268 g/mol. The molecule has 19 heavy (non-hydrogen) atoms. The molecular formula is C11H24N4O3S. The Kier molecular flexibility index (Phi) is 6.02. The van der Waals surface area contributed by atoms with Crippen LogP contribution in [0.2, 0.25) is 0 Å². The topological polar surface area (TPSA) is 81.8 Å². The second-order valence-corrected chi connectivity index (χ2v) is 6.81. The van der Waals surface area contributed by atoms with Crippen LogP contribution in [0.3, 0.4) is 0 Å². The highest BCUT2D eigenvalue weighted by Gasteiger charge is 2.26. The molecule has 0 unspecified atom stereocenters. The summed E-state index contributed by atoms with van der Waals surface area (Å²) in [4.78, 5) is 13.5. The monoisotopic (exact) mass is 292 g/mol. The molecule has 0 aromatic carbocycles. The zero-order valence-electron chi connectivity index (χ0n) is 11.8. The first kappa shape index (κ1) is 16.2. The number of hydrogen-bond acceptors (Lipinski definition) is 3. The van der Waals surface area contributed by atoms with Crippen LogP contribution in [0.5, 0.6) is 0 Å². The van der Waals surface area contributed by atoms with Gasteiger partial charge < -0.3 is 10.2 Å². The second kappa shape index (κ2) is 7.06. The van der Waals surface area contributed by atoms with Crippen molar-refractivity contribution < 1.29 is 13.2 Å². The van der Waals surface area contributed by atoms with Gasteiger partial charge in [0.2, 0.25) is 0 Å². The van der Waals surface area contributed by atoms with Gasteiger partial charge in [0.05, 0.1) is 0 Å². The fourth-order valence-corrected chi connectivity index (χ4v) is 2.73. The maximum atomic E-state index is 11.7. The zero-order valence-corrected chi connectivity index (χ0v) is 12.7. The van der Waals surface area contributed by atoms with Crippen LogP contribution in [0.15, 0.2) is 0 Å². The molecule has 1 saturated heterocycles. The molecule has 7 nitrogen and oxygen atoms in total. The lowest BCUT2D eigenvalue weighted by Gasteiger charge is -2.32. The summed E-state index contributed by atoms with van der Waals surface area (Å²) in [6.07, 6.45) is 2.20. The first-order valence-corrected chi connectivity index (χ1v) is 8.03. The minimum atomic E-state index is -3.39.